The second-order valence-corrected chi connectivity index (χ2v) is 6.55. The summed E-state index contributed by atoms with van der Waals surface area (Å²) in [5.41, 5.74) is 5.02. The van der Waals surface area contributed by atoms with Gasteiger partial charge in [0.05, 0.1) is 0 Å². The fourth-order valence-corrected chi connectivity index (χ4v) is 2.31. The molecule has 3 rings (SSSR count). The predicted octanol–water partition coefficient (Wildman–Crippen LogP) is 5.13. The van der Waals surface area contributed by atoms with Gasteiger partial charge in [0.1, 0.15) is 0 Å². The maximum absolute atomic E-state index is 11.6. The third-order valence-corrected chi connectivity index (χ3v) is 3.95. The van der Waals surface area contributed by atoms with Crippen LogP contribution in [0.3, 0.4) is 0 Å². The first-order valence-electron chi connectivity index (χ1n) is 9.36. The van der Waals surface area contributed by atoms with E-state index in [4.69, 9.17) is 5.11 Å². The smallest absolute Gasteiger partial charge is 0.328 e. The molecule has 0 bridgehead atoms. The van der Waals surface area contributed by atoms with Crippen molar-refractivity contribution in [3.63, 3.8) is 0 Å². The average Bonchev–Trinajstić information content (AvgIpc) is 2.74. The molecule has 2 N–H and O–H groups in total. The van der Waals surface area contributed by atoms with Gasteiger partial charge in [0.2, 0.25) is 5.91 Å². The molecule has 0 aliphatic heterocycles. The van der Waals surface area contributed by atoms with Crippen LogP contribution in [0.2, 0.25) is 0 Å². The summed E-state index contributed by atoms with van der Waals surface area (Å²) in [5.74, 6) is -1.07. The van der Waals surface area contributed by atoms with E-state index in [0.29, 0.717) is 0 Å². The van der Waals surface area contributed by atoms with E-state index in [1.54, 1.807) is 36.7 Å². The number of aromatic nitrogens is 1. The first kappa shape index (κ1) is 22.3. The van der Waals surface area contributed by atoms with Gasteiger partial charge in [0.25, 0.3) is 0 Å². The van der Waals surface area contributed by atoms with Gasteiger partial charge in [-0.25, -0.2) is 4.79 Å². The second kappa shape index (κ2) is 11.8. The number of nitrogens with zero attached hydrogens (tertiary/aromatic N) is 1. The summed E-state index contributed by atoms with van der Waals surface area (Å²) < 4.78 is 0. The Labute approximate surface area is 176 Å². The van der Waals surface area contributed by atoms with Gasteiger partial charge < -0.3 is 10.4 Å². The lowest BCUT2D eigenvalue weighted by Gasteiger charge is -2.00. The Morgan fingerprint density at radius 3 is 1.70 bits per heavy atom. The normalized spacial score (nSPS) is 10.5. The Morgan fingerprint density at radius 2 is 1.23 bits per heavy atom. The number of carboxylic acid groups (broad SMARTS) is 1. The van der Waals surface area contributed by atoms with Crippen molar-refractivity contribution in [2.45, 2.75) is 13.8 Å². The Kier molecular flexibility index (Phi) is 8.74. The lowest BCUT2D eigenvalue weighted by Crippen LogP contribution is -2.07. The monoisotopic (exact) mass is 400 g/mol. The van der Waals surface area contributed by atoms with Crippen LogP contribution in [-0.4, -0.2) is 22.0 Å². The van der Waals surface area contributed by atoms with Crippen molar-refractivity contribution < 1.29 is 14.7 Å². The minimum atomic E-state index is -0.921. The zero-order valence-corrected chi connectivity index (χ0v) is 16.9. The molecule has 0 aliphatic carbocycles. The fraction of sp³-hybridized carbons (Fsp3) is 0.0800. The maximum Gasteiger partial charge on any atom is 0.328 e. The van der Waals surface area contributed by atoms with E-state index < -0.39 is 5.97 Å². The van der Waals surface area contributed by atoms with E-state index in [-0.39, 0.29) is 5.91 Å². The predicted molar refractivity (Wildman–Crippen MR) is 121 cm³/mol. The van der Waals surface area contributed by atoms with Crippen LogP contribution in [0.5, 0.6) is 0 Å². The number of hydrogen-bond donors (Lipinski definition) is 2. The van der Waals surface area contributed by atoms with E-state index in [2.05, 4.69) is 10.3 Å². The number of aliphatic carboxylic acids is 1. The number of aryl methyl sites for hydroxylation is 2. The summed E-state index contributed by atoms with van der Waals surface area (Å²) in [6.45, 7) is 4.02. The van der Waals surface area contributed by atoms with Crippen molar-refractivity contribution in [3.8, 4) is 0 Å². The van der Waals surface area contributed by atoms with E-state index >= 15 is 0 Å². The third kappa shape index (κ3) is 8.80. The minimum absolute atomic E-state index is 0.151. The van der Waals surface area contributed by atoms with E-state index in [1.807, 2.05) is 62.4 Å². The SMILES string of the molecule is Cc1ccc(/C=C/C(=O)Nc2ccncc2)cc1.Cc1ccc(/C=C/C(=O)O)cc1. The topological polar surface area (TPSA) is 79.3 Å². The summed E-state index contributed by atoms with van der Waals surface area (Å²) in [6.07, 6.45) is 9.28. The van der Waals surface area contributed by atoms with Gasteiger partial charge in [-0.15, -0.1) is 0 Å². The van der Waals surface area contributed by atoms with Crippen molar-refractivity contribution >= 4 is 29.7 Å². The highest BCUT2D eigenvalue weighted by molar-refractivity contribution is 6.01. The number of hydrogen-bond acceptors (Lipinski definition) is 3. The standard InChI is InChI=1S/C15H14N2O.C10H10O2/c1-12-2-4-13(5-3-12)6-7-15(18)17-14-8-10-16-11-9-14;1-8-2-4-9(5-3-8)6-7-10(11)12/h2-11H,1H3,(H,16,17,18);2-7H,1H3,(H,11,12)/b2*7-6+. The highest BCUT2D eigenvalue weighted by atomic mass is 16.4. The molecule has 0 saturated carbocycles. The molecular formula is C25H24N2O3. The van der Waals surface area contributed by atoms with E-state index in [0.717, 1.165) is 22.9 Å². The molecule has 0 fully saturated rings. The number of rotatable bonds is 5. The van der Waals surface area contributed by atoms with Crippen LogP contribution in [-0.2, 0) is 9.59 Å². The third-order valence-electron chi connectivity index (χ3n) is 3.95. The minimum Gasteiger partial charge on any atom is -0.478 e. The Morgan fingerprint density at radius 1 is 0.767 bits per heavy atom. The van der Waals surface area contributed by atoms with Crippen molar-refractivity contribution in [1.82, 2.24) is 4.98 Å². The molecule has 1 aromatic heterocycles. The zero-order valence-electron chi connectivity index (χ0n) is 16.9. The maximum atomic E-state index is 11.6. The van der Waals surface area contributed by atoms with Gasteiger partial charge in [-0.1, -0.05) is 59.7 Å². The number of carbonyl (C=O) groups is 2. The van der Waals surface area contributed by atoms with E-state index in [9.17, 15) is 9.59 Å². The average molecular weight is 400 g/mol. The summed E-state index contributed by atoms with van der Waals surface area (Å²) in [4.78, 5) is 25.7. The highest BCUT2D eigenvalue weighted by Crippen LogP contribution is 2.07. The van der Waals surface area contributed by atoms with Crippen molar-refractivity contribution in [2.75, 3.05) is 5.32 Å². The van der Waals surface area contributed by atoms with Crippen molar-refractivity contribution in [3.05, 3.63) is 107 Å². The summed E-state index contributed by atoms with van der Waals surface area (Å²) in [6, 6.07) is 19.1. The summed E-state index contributed by atoms with van der Waals surface area (Å²) >= 11 is 0. The van der Waals surface area contributed by atoms with Crippen LogP contribution in [0.15, 0.2) is 85.2 Å². The first-order chi connectivity index (χ1) is 14.4. The van der Waals surface area contributed by atoms with Crippen molar-refractivity contribution in [2.24, 2.45) is 0 Å². The summed E-state index contributed by atoms with van der Waals surface area (Å²) in [5, 5.41) is 11.1. The molecule has 0 spiro atoms. The van der Waals surface area contributed by atoms with Gasteiger partial charge in [-0.2, -0.15) is 0 Å². The van der Waals surface area contributed by atoms with Gasteiger partial charge >= 0.3 is 5.97 Å². The second-order valence-electron chi connectivity index (χ2n) is 6.55. The highest BCUT2D eigenvalue weighted by Gasteiger charge is 1.96. The number of amides is 1. The Balaban J connectivity index is 0.000000232. The lowest BCUT2D eigenvalue weighted by molar-refractivity contribution is -0.131. The molecule has 5 heteroatoms. The molecule has 30 heavy (non-hydrogen) atoms. The molecule has 5 nitrogen and oxygen atoms in total. The quantitative estimate of drug-likeness (QED) is 0.582. The molecule has 0 atom stereocenters. The summed E-state index contributed by atoms with van der Waals surface area (Å²) in [7, 11) is 0. The zero-order chi connectivity index (χ0) is 21.8. The van der Waals surface area contributed by atoms with Crippen LogP contribution >= 0.6 is 0 Å². The number of benzene rings is 2. The van der Waals surface area contributed by atoms with Crippen LogP contribution < -0.4 is 5.32 Å². The molecule has 0 saturated heterocycles. The van der Waals surface area contributed by atoms with Crippen molar-refractivity contribution in [1.29, 1.82) is 0 Å². The number of carboxylic acids is 1. The largest absolute Gasteiger partial charge is 0.478 e. The Hall–Kier alpha value is -3.99. The van der Waals surface area contributed by atoms with Gasteiger partial charge in [-0.05, 0) is 49.3 Å². The number of carbonyl (C=O) groups excluding carboxylic acids is 1. The molecule has 0 unspecified atom stereocenters. The molecule has 1 heterocycles. The van der Waals surface area contributed by atoms with Gasteiger partial charge in [-0.3, -0.25) is 9.78 Å². The molecule has 0 radical (unpaired) electrons. The number of nitrogens with one attached hydrogen (secondary N) is 1. The number of pyridine rings is 1. The molecule has 1 amide bonds. The van der Waals surface area contributed by atoms with Crippen LogP contribution in [0.4, 0.5) is 5.69 Å². The fourth-order valence-electron chi connectivity index (χ4n) is 2.31. The van der Waals surface area contributed by atoms with Crippen LogP contribution in [0, 0.1) is 13.8 Å². The number of anilines is 1. The van der Waals surface area contributed by atoms with Gasteiger partial charge in [0, 0.05) is 30.2 Å². The molecule has 0 aliphatic rings. The molecular weight excluding hydrogens is 376 g/mol. The van der Waals surface area contributed by atoms with E-state index in [1.165, 1.54) is 17.2 Å². The lowest BCUT2D eigenvalue weighted by atomic mass is 10.1. The first-order valence-corrected chi connectivity index (χ1v) is 9.36. The molecule has 2 aromatic carbocycles. The van der Waals surface area contributed by atoms with Crippen LogP contribution in [0.25, 0.3) is 12.2 Å². The van der Waals surface area contributed by atoms with Crippen LogP contribution in [0.1, 0.15) is 22.3 Å². The Bertz CT molecular complexity index is 1010. The van der Waals surface area contributed by atoms with Gasteiger partial charge in [0.15, 0.2) is 0 Å². The molecule has 3 aromatic rings. The molecule has 152 valence electrons.